The largest absolute Gasteiger partial charge is 0.465 e. The quantitative estimate of drug-likeness (QED) is 0.414. The zero-order valence-corrected chi connectivity index (χ0v) is 16.4. The Bertz CT molecular complexity index is 1240. The molecule has 0 saturated carbocycles. The summed E-state index contributed by atoms with van der Waals surface area (Å²) in [4.78, 5) is 16.1. The third kappa shape index (κ3) is 3.82. The molecule has 4 nitrogen and oxygen atoms in total. The lowest BCUT2D eigenvalue weighted by molar-refractivity contribution is 0.0600. The second kappa shape index (κ2) is 7.60. The van der Waals surface area contributed by atoms with E-state index in [4.69, 9.17) is 4.74 Å². The number of rotatable bonds is 4. The molecule has 0 amide bonds. The Morgan fingerprint density at radius 3 is 2.52 bits per heavy atom. The number of ether oxygens (including phenoxy) is 1. The first-order chi connectivity index (χ1) is 13.9. The maximum Gasteiger partial charge on any atom is 0.338 e. The van der Waals surface area contributed by atoms with Crippen molar-refractivity contribution in [3.63, 3.8) is 0 Å². The van der Waals surface area contributed by atoms with Gasteiger partial charge in [0.2, 0.25) is 0 Å². The van der Waals surface area contributed by atoms with E-state index in [0.717, 1.165) is 11.1 Å². The number of halogens is 2. The van der Waals surface area contributed by atoms with Gasteiger partial charge in [-0.1, -0.05) is 29.5 Å². The van der Waals surface area contributed by atoms with E-state index in [0.29, 0.717) is 26.5 Å². The molecule has 7 heteroatoms. The van der Waals surface area contributed by atoms with Crippen molar-refractivity contribution in [2.24, 2.45) is 0 Å². The zero-order chi connectivity index (χ0) is 20.5. The maximum atomic E-state index is 14.7. The van der Waals surface area contributed by atoms with E-state index < -0.39 is 11.8 Å². The summed E-state index contributed by atoms with van der Waals surface area (Å²) in [5.74, 6) is -1.19. The SMILES string of the molecule is COC(=O)c1ccc(-c2ccc(Nc3nc4ccc(F)cc4s3)c(F)c2)cc1C. The van der Waals surface area contributed by atoms with Crippen LogP contribution in [0.2, 0.25) is 0 Å². The molecule has 0 atom stereocenters. The van der Waals surface area contributed by atoms with Crippen molar-refractivity contribution in [2.45, 2.75) is 6.92 Å². The summed E-state index contributed by atoms with van der Waals surface area (Å²) in [6.07, 6.45) is 0. The van der Waals surface area contributed by atoms with Crippen molar-refractivity contribution in [1.29, 1.82) is 0 Å². The highest BCUT2D eigenvalue weighted by atomic mass is 32.1. The average molecular weight is 410 g/mol. The van der Waals surface area contributed by atoms with Crippen LogP contribution in [0.15, 0.2) is 54.6 Å². The van der Waals surface area contributed by atoms with Crippen LogP contribution in [0.25, 0.3) is 21.3 Å². The van der Waals surface area contributed by atoms with Crippen molar-refractivity contribution in [3.05, 3.63) is 77.4 Å². The van der Waals surface area contributed by atoms with Gasteiger partial charge in [-0.3, -0.25) is 0 Å². The normalized spacial score (nSPS) is 10.9. The molecular formula is C22H16F2N2O2S. The predicted octanol–water partition coefficient (Wildman–Crippen LogP) is 6.08. The van der Waals surface area contributed by atoms with Crippen molar-refractivity contribution in [3.8, 4) is 11.1 Å². The number of methoxy groups -OCH3 is 1. The second-order valence-corrected chi connectivity index (χ2v) is 7.50. The van der Waals surface area contributed by atoms with E-state index in [-0.39, 0.29) is 11.5 Å². The average Bonchev–Trinajstić information content (AvgIpc) is 3.10. The molecule has 0 radical (unpaired) electrons. The number of hydrogen-bond acceptors (Lipinski definition) is 5. The van der Waals surface area contributed by atoms with Crippen molar-refractivity contribution in [1.82, 2.24) is 4.98 Å². The molecule has 0 aliphatic rings. The lowest BCUT2D eigenvalue weighted by Crippen LogP contribution is -2.03. The van der Waals surface area contributed by atoms with E-state index in [9.17, 15) is 13.6 Å². The molecule has 3 aromatic carbocycles. The maximum absolute atomic E-state index is 14.7. The lowest BCUT2D eigenvalue weighted by Gasteiger charge is -2.09. The highest BCUT2D eigenvalue weighted by Gasteiger charge is 2.12. The zero-order valence-electron chi connectivity index (χ0n) is 15.6. The first-order valence-corrected chi connectivity index (χ1v) is 9.58. The molecular weight excluding hydrogens is 394 g/mol. The highest BCUT2D eigenvalue weighted by molar-refractivity contribution is 7.22. The first kappa shape index (κ1) is 19.0. The van der Waals surface area contributed by atoms with Crippen LogP contribution in [0.4, 0.5) is 19.6 Å². The molecule has 1 aromatic heterocycles. The number of fused-ring (bicyclic) bond motifs is 1. The van der Waals surface area contributed by atoms with E-state index in [2.05, 4.69) is 10.3 Å². The molecule has 0 saturated heterocycles. The molecule has 146 valence electrons. The predicted molar refractivity (Wildman–Crippen MR) is 111 cm³/mol. The molecule has 29 heavy (non-hydrogen) atoms. The van der Waals surface area contributed by atoms with Crippen LogP contribution in [0.3, 0.4) is 0 Å². The number of carbonyl (C=O) groups excluding carboxylic acids is 1. The van der Waals surface area contributed by atoms with Crippen LogP contribution in [0.1, 0.15) is 15.9 Å². The molecule has 0 spiro atoms. The Balaban J connectivity index is 1.60. The standard InChI is InChI=1S/C22H16F2N2O2S/c1-12-9-13(3-6-16(12)21(27)28-2)14-4-7-18(17(24)10-14)25-22-26-19-8-5-15(23)11-20(19)29-22/h3-11H,1-2H3,(H,25,26). The molecule has 0 unspecified atom stereocenters. The highest BCUT2D eigenvalue weighted by Crippen LogP contribution is 2.31. The number of hydrogen-bond donors (Lipinski definition) is 1. The third-order valence-corrected chi connectivity index (χ3v) is 5.46. The minimum absolute atomic E-state index is 0.274. The molecule has 0 aliphatic heterocycles. The van der Waals surface area contributed by atoms with Gasteiger partial charge in [0.15, 0.2) is 5.13 Å². The Hall–Kier alpha value is -3.32. The van der Waals surface area contributed by atoms with E-state index in [1.54, 1.807) is 37.3 Å². The summed E-state index contributed by atoms with van der Waals surface area (Å²) < 4.78 is 33.5. The molecule has 4 aromatic rings. The number of aryl methyl sites for hydroxylation is 1. The Morgan fingerprint density at radius 2 is 1.79 bits per heavy atom. The Labute approximate surface area is 169 Å². The summed E-state index contributed by atoms with van der Waals surface area (Å²) in [5.41, 5.74) is 3.62. The van der Waals surface area contributed by atoms with Crippen LogP contribution in [-0.2, 0) is 4.74 Å². The number of esters is 1. The molecule has 4 rings (SSSR count). The van der Waals surface area contributed by atoms with Crippen molar-refractivity contribution >= 4 is 38.3 Å². The van der Waals surface area contributed by atoms with Gasteiger partial charge in [0.1, 0.15) is 11.6 Å². The van der Waals surface area contributed by atoms with E-state index in [1.165, 1.54) is 36.6 Å². The number of aromatic nitrogens is 1. The molecule has 1 N–H and O–H groups in total. The first-order valence-electron chi connectivity index (χ1n) is 8.76. The number of anilines is 2. The van der Waals surface area contributed by atoms with Crippen LogP contribution >= 0.6 is 11.3 Å². The minimum Gasteiger partial charge on any atom is -0.465 e. The smallest absolute Gasteiger partial charge is 0.338 e. The molecule has 1 heterocycles. The van der Waals surface area contributed by atoms with Gasteiger partial charge in [-0.25, -0.2) is 18.6 Å². The van der Waals surface area contributed by atoms with Crippen LogP contribution in [-0.4, -0.2) is 18.1 Å². The second-order valence-electron chi connectivity index (χ2n) is 6.47. The third-order valence-electron chi connectivity index (χ3n) is 4.53. The molecule has 0 bridgehead atoms. The van der Waals surface area contributed by atoms with Crippen LogP contribution < -0.4 is 5.32 Å². The summed E-state index contributed by atoms with van der Waals surface area (Å²) in [6.45, 7) is 1.80. The summed E-state index contributed by atoms with van der Waals surface area (Å²) in [7, 11) is 1.33. The van der Waals surface area contributed by atoms with Crippen LogP contribution in [0.5, 0.6) is 0 Å². The molecule has 0 fully saturated rings. The summed E-state index contributed by atoms with van der Waals surface area (Å²) in [6, 6.07) is 14.4. The van der Waals surface area contributed by atoms with Gasteiger partial charge in [0.25, 0.3) is 0 Å². The fourth-order valence-corrected chi connectivity index (χ4v) is 3.95. The van der Waals surface area contributed by atoms with Gasteiger partial charge in [-0.05, 0) is 60.0 Å². The van der Waals surface area contributed by atoms with E-state index >= 15 is 0 Å². The number of thiazole rings is 1. The van der Waals surface area contributed by atoms with Gasteiger partial charge >= 0.3 is 5.97 Å². The Kier molecular flexibility index (Phi) is 4.98. The number of nitrogens with zero attached hydrogens (tertiary/aromatic N) is 1. The van der Waals surface area contributed by atoms with Gasteiger partial charge in [0.05, 0.1) is 28.6 Å². The monoisotopic (exact) mass is 410 g/mol. The fourth-order valence-electron chi connectivity index (χ4n) is 3.05. The minimum atomic E-state index is -0.442. The fraction of sp³-hybridized carbons (Fsp3) is 0.0909. The molecule has 0 aliphatic carbocycles. The number of nitrogens with one attached hydrogen (secondary N) is 1. The van der Waals surface area contributed by atoms with Crippen molar-refractivity contribution in [2.75, 3.05) is 12.4 Å². The number of benzene rings is 3. The van der Waals surface area contributed by atoms with E-state index in [1.807, 2.05) is 6.07 Å². The van der Waals surface area contributed by atoms with Gasteiger partial charge in [-0.2, -0.15) is 0 Å². The number of carbonyl (C=O) groups is 1. The van der Waals surface area contributed by atoms with Crippen molar-refractivity contribution < 1.29 is 18.3 Å². The van der Waals surface area contributed by atoms with Gasteiger partial charge < -0.3 is 10.1 Å². The topological polar surface area (TPSA) is 51.2 Å². The van der Waals surface area contributed by atoms with Crippen LogP contribution in [0, 0.1) is 18.6 Å². The lowest BCUT2D eigenvalue weighted by atomic mass is 9.99. The van der Waals surface area contributed by atoms with Gasteiger partial charge in [0, 0.05) is 0 Å². The Morgan fingerprint density at radius 1 is 1.03 bits per heavy atom. The summed E-state index contributed by atoms with van der Waals surface area (Å²) in [5, 5.41) is 3.43. The summed E-state index contributed by atoms with van der Waals surface area (Å²) >= 11 is 1.25. The van der Waals surface area contributed by atoms with Gasteiger partial charge in [-0.15, -0.1) is 0 Å².